The molecule has 0 radical (unpaired) electrons. The molecule has 1 unspecified atom stereocenters. The smallest absolute Gasteiger partial charge is 0.416 e. The van der Waals surface area contributed by atoms with Gasteiger partial charge < -0.3 is 10.1 Å². The first-order chi connectivity index (χ1) is 12.3. The molecule has 0 saturated heterocycles. The third-order valence-corrected chi connectivity index (χ3v) is 5.26. The minimum absolute atomic E-state index is 0.279. The summed E-state index contributed by atoms with van der Waals surface area (Å²) in [6.45, 7) is 0. The van der Waals surface area contributed by atoms with Crippen molar-refractivity contribution < 1.29 is 27.5 Å². The first kappa shape index (κ1) is 18.4. The monoisotopic (exact) mass is 383 g/mol. The molecule has 0 spiro atoms. The van der Waals surface area contributed by atoms with Crippen molar-refractivity contribution in [2.45, 2.75) is 24.6 Å². The Morgan fingerprint density at radius 3 is 2.65 bits per heavy atom. The summed E-state index contributed by atoms with van der Waals surface area (Å²) in [5.74, 6) is -1.68. The number of carbonyl (C=O) groups excluding carboxylic acids is 2. The zero-order chi connectivity index (χ0) is 18.9. The lowest BCUT2D eigenvalue weighted by Crippen LogP contribution is -2.35. The van der Waals surface area contributed by atoms with Crippen LogP contribution in [0.3, 0.4) is 0 Å². The number of carbonyl (C=O) groups is 2. The molecular formula is C18H16F3NO3S. The molecular weight excluding hydrogens is 367 g/mol. The molecule has 1 saturated carbocycles. The van der Waals surface area contributed by atoms with Gasteiger partial charge in [-0.05, 0) is 35.4 Å². The Hall–Kier alpha value is -2.35. The van der Waals surface area contributed by atoms with Gasteiger partial charge in [0.2, 0.25) is 5.91 Å². The van der Waals surface area contributed by atoms with Gasteiger partial charge in [0.15, 0.2) is 6.04 Å². The number of hydrogen-bond donors (Lipinski definition) is 1. The van der Waals surface area contributed by atoms with Crippen molar-refractivity contribution >= 4 is 23.2 Å². The van der Waals surface area contributed by atoms with Gasteiger partial charge >= 0.3 is 12.1 Å². The standard InChI is InChI=1S/C18H16F3NO3S/c1-25-17(24)15(14-6-3-7-26-14)22-16(23)13-9-12(13)10-4-2-5-11(8-10)18(19,20)21/h2-8,12-13,15H,9H2,1H3,(H,22,23)/t12-,13+,15?/m0/s1. The summed E-state index contributed by atoms with van der Waals surface area (Å²) in [7, 11) is 1.23. The van der Waals surface area contributed by atoms with Gasteiger partial charge in [-0.15, -0.1) is 11.3 Å². The quantitative estimate of drug-likeness (QED) is 0.797. The molecule has 1 aromatic heterocycles. The van der Waals surface area contributed by atoms with E-state index in [2.05, 4.69) is 5.32 Å². The summed E-state index contributed by atoms with van der Waals surface area (Å²) in [5.41, 5.74) is -0.252. The Kier molecular flexibility index (Phi) is 5.04. The predicted molar refractivity (Wildman–Crippen MR) is 89.5 cm³/mol. The highest BCUT2D eigenvalue weighted by molar-refractivity contribution is 7.10. The summed E-state index contributed by atoms with van der Waals surface area (Å²) in [6.07, 6.45) is -3.97. The van der Waals surface area contributed by atoms with Crippen LogP contribution in [0.5, 0.6) is 0 Å². The van der Waals surface area contributed by atoms with Crippen LogP contribution in [0.4, 0.5) is 13.2 Å². The Balaban J connectivity index is 1.70. The summed E-state index contributed by atoms with van der Waals surface area (Å²) in [4.78, 5) is 25.0. The topological polar surface area (TPSA) is 55.4 Å². The third kappa shape index (κ3) is 3.90. The van der Waals surface area contributed by atoms with Crippen LogP contribution in [0, 0.1) is 5.92 Å². The maximum absolute atomic E-state index is 12.8. The molecule has 1 fully saturated rings. The van der Waals surface area contributed by atoms with E-state index in [4.69, 9.17) is 4.74 Å². The van der Waals surface area contributed by atoms with Crippen molar-refractivity contribution in [2.75, 3.05) is 7.11 Å². The largest absolute Gasteiger partial charge is 0.467 e. The zero-order valence-corrected chi connectivity index (χ0v) is 14.6. The molecule has 3 rings (SSSR count). The number of esters is 1. The Bertz CT molecular complexity index is 804. The average Bonchev–Trinajstić information content (AvgIpc) is 3.24. The highest BCUT2D eigenvalue weighted by Crippen LogP contribution is 2.48. The second kappa shape index (κ2) is 7.11. The molecule has 1 heterocycles. The van der Waals surface area contributed by atoms with Crippen LogP contribution in [-0.2, 0) is 20.5 Å². The van der Waals surface area contributed by atoms with E-state index in [0.717, 1.165) is 12.1 Å². The highest BCUT2D eigenvalue weighted by atomic mass is 32.1. The molecule has 2 aromatic rings. The number of benzene rings is 1. The molecule has 1 aromatic carbocycles. The zero-order valence-electron chi connectivity index (χ0n) is 13.7. The summed E-state index contributed by atoms with van der Waals surface area (Å²) in [6, 6.07) is 7.57. The molecule has 138 valence electrons. The highest BCUT2D eigenvalue weighted by Gasteiger charge is 2.45. The van der Waals surface area contributed by atoms with E-state index in [9.17, 15) is 22.8 Å². The van der Waals surface area contributed by atoms with Gasteiger partial charge in [-0.3, -0.25) is 4.79 Å². The number of nitrogens with one attached hydrogen (secondary N) is 1. The minimum atomic E-state index is -4.42. The lowest BCUT2D eigenvalue weighted by molar-refractivity contribution is -0.145. The predicted octanol–water partition coefficient (Wildman–Crippen LogP) is 3.90. The first-order valence-corrected chi connectivity index (χ1v) is 8.78. The molecule has 0 bridgehead atoms. The van der Waals surface area contributed by atoms with E-state index in [1.807, 2.05) is 0 Å². The fourth-order valence-electron chi connectivity index (χ4n) is 2.87. The van der Waals surface area contributed by atoms with Crippen molar-refractivity contribution in [1.29, 1.82) is 0 Å². The molecule has 0 aliphatic heterocycles. The van der Waals surface area contributed by atoms with Crippen LogP contribution in [-0.4, -0.2) is 19.0 Å². The lowest BCUT2D eigenvalue weighted by Gasteiger charge is -2.15. The molecule has 26 heavy (non-hydrogen) atoms. The van der Waals surface area contributed by atoms with Gasteiger partial charge in [-0.2, -0.15) is 13.2 Å². The van der Waals surface area contributed by atoms with Gasteiger partial charge in [0.05, 0.1) is 12.7 Å². The Morgan fingerprint density at radius 1 is 1.27 bits per heavy atom. The van der Waals surface area contributed by atoms with Gasteiger partial charge in [0.1, 0.15) is 0 Å². The second-order valence-electron chi connectivity index (χ2n) is 6.05. The summed E-state index contributed by atoms with van der Waals surface area (Å²) >= 11 is 1.31. The van der Waals surface area contributed by atoms with E-state index < -0.39 is 29.7 Å². The number of hydrogen-bond acceptors (Lipinski definition) is 4. The SMILES string of the molecule is COC(=O)C(NC(=O)[C@@H]1C[C@H]1c1cccc(C(F)(F)F)c1)c1cccs1. The van der Waals surface area contributed by atoms with E-state index >= 15 is 0 Å². The van der Waals surface area contributed by atoms with Crippen LogP contribution in [0.25, 0.3) is 0 Å². The van der Waals surface area contributed by atoms with Gasteiger partial charge in [0, 0.05) is 10.8 Å². The fraction of sp³-hybridized carbons (Fsp3) is 0.333. The average molecular weight is 383 g/mol. The molecule has 1 aliphatic rings. The van der Waals surface area contributed by atoms with Crippen LogP contribution < -0.4 is 5.32 Å². The number of alkyl halides is 3. The normalized spacial score (nSPS) is 20.3. The van der Waals surface area contributed by atoms with Crippen molar-refractivity contribution in [2.24, 2.45) is 5.92 Å². The number of ether oxygens (including phenoxy) is 1. The third-order valence-electron chi connectivity index (χ3n) is 4.32. The van der Waals surface area contributed by atoms with Crippen LogP contribution in [0.2, 0.25) is 0 Å². The van der Waals surface area contributed by atoms with Crippen molar-refractivity contribution in [3.8, 4) is 0 Å². The molecule has 3 atom stereocenters. The van der Waals surface area contributed by atoms with E-state index in [1.165, 1.54) is 24.5 Å². The number of halogens is 3. The van der Waals surface area contributed by atoms with E-state index in [-0.39, 0.29) is 11.8 Å². The number of thiophene rings is 1. The summed E-state index contributed by atoms with van der Waals surface area (Å²) < 4.78 is 43.2. The summed E-state index contributed by atoms with van der Waals surface area (Å²) in [5, 5.41) is 4.43. The van der Waals surface area contributed by atoms with Crippen molar-refractivity contribution in [3.05, 3.63) is 57.8 Å². The Labute approximate surface area is 152 Å². The fourth-order valence-corrected chi connectivity index (χ4v) is 3.63. The Morgan fingerprint density at radius 2 is 2.04 bits per heavy atom. The van der Waals surface area contributed by atoms with Crippen molar-refractivity contribution in [3.63, 3.8) is 0 Å². The van der Waals surface area contributed by atoms with Crippen LogP contribution in [0.1, 0.15) is 34.4 Å². The molecule has 1 amide bonds. The second-order valence-corrected chi connectivity index (χ2v) is 7.03. The van der Waals surface area contributed by atoms with Gasteiger partial charge in [0.25, 0.3) is 0 Å². The van der Waals surface area contributed by atoms with E-state index in [0.29, 0.717) is 16.9 Å². The van der Waals surface area contributed by atoms with Crippen molar-refractivity contribution in [1.82, 2.24) is 5.32 Å². The molecule has 8 heteroatoms. The van der Waals surface area contributed by atoms with Gasteiger partial charge in [-0.1, -0.05) is 24.3 Å². The maximum Gasteiger partial charge on any atom is 0.416 e. The van der Waals surface area contributed by atoms with Crippen LogP contribution >= 0.6 is 11.3 Å². The minimum Gasteiger partial charge on any atom is -0.467 e. The number of amides is 1. The number of methoxy groups -OCH3 is 1. The van der Waals surface area contributed by atoms with Crippen LogP contribution in [0.15, 0.2) is 41.8 Å². The maximum atomic E-state index is 12.8. The first-order valence-electron chi connectivity index (χ1n) is 7.90. The van der Waals surface area contributed by atoms with Gasteiger partial charge in [-0.25, -0.2) is 4.79 Å². The van der Waals surface area contributed by atoms with E-state index in [1.54, 1.807) is 23.6 Å². The molecule has 4 nitrogen and oxygen atoms in total. The number of rotatable bonds is 5. The molecule has 1 N–H and O–H groups in total. The molecule has 1 aliphatic carbocycles. The lowest BCUT2D eigenvalue weighted by atomic mass is 10.0.